The van der Waals surface area contributed by atoms with Crippen molar-refractivity contribution in [1.82, 2.24) is 20.0 Å². The quantitative estimate of drug-likeness (QED) is 0.773. The summed E-state index contributed by atoms with van der Waals surface area (Å²) in [5.74, 6) is 0.752. The number of hydrogen-bond donors (Lipinski definition) is 2. The van der Waals surface area contributed by atoms with Crippen LogP contribution in [-0.4, -0.2) is 40.2 Å². The van der Waals surface area contributed by atoms with Crippen molar-refractivity contribution in [2.24, 2.45) is 7.05 Å². The van der Waals surface area contributed by atoms with Gasteiger partial charge in [0.05, 0.1) is 12.2 Å². The fourth-order valence-electron chi connectivity index (χ4n) is 1.99. The average Bonchev–Trinajstić information content (AvgIpc) is 3.04. The van der Waals surface area contributed by atoms with Crippen molar-refractivity contribution < 1.29 is 4.79 Å². The second-order valence-corrected chi connectivity index (χ2v) is 5.09. The summed E-state index contributed by atoms with van der Waals surface area (Å²) in [5.41, 5.74) is 7.87. The Bertz CT molecular complexity index is 450. The lowest BCUT2D eigenvalue weighted by Crippen LogP contribution is -2.36. The number of carbonyl (C=O) groups excluding carboxylic acids is 1. The van der Waals surface area contributed by atoms with Gasteiger partial charge in [-0.2, -0.15) is 5.10 Å². The lowest BCUT2D eigenvalue weighted by atomic mass is 10.2. The summed E-state index contributed by atoms with van der Waals surface area (Å²) >= 11 is 0. The summed E-state index contributed by atoms with van der Waals surface area (Å²) in [5, 5.41) is 7.24. The standard InChI is InChI=1S/C12H21N5O/c1-8-10(12(13)17(3)15-8)6-16(2)7-11(18)14-9-4-5-9/h9H,4-7,13H2,1-3H3,(H,14,18). The number of carbonyl (C=O) groups is 1. The molecule has 18 heavy (non-hydrogen) atoms. The minimum Gasteiger partial charge on any atom is -0.384 e. The van der Waals surface area contributed by atoms with E-state index in [1.165, 1.54) is 0 Å². The van der Waals surface area contributed by atoms with Crippen LogP contribution in [0.1, 0.15) is 24.1 Å². The van der Waals surface area contributed by atoms with E-state index in [0.717, 1.165) is 24.1 Å². The molecule has 0 saturated heterocycles. The van der Waals surface area contributed by atoms with Crippen LogP contribution in [-0.2, 0) is 18.4 Å². The van der Waals surface area contributed by atoms with Gasteiger partial charge in [-0.15, -0.1) is 0 Å². The van der Waals surface area contributed by atoms with Crippen LogP contribution in [0.5, 0.6) is 0 Å². The number of nitrogen functional groups attached to an aromatic ring is 1. The minimum absolute atomic E-state index is 0.0834. The van der Waals surface area contributed by atoms with Crippen LogP contribution in [0.25, 0.3) is 0 Å². The Labute approximate surface area is 107 Å². The molecule has 1 saturated carbocycles. The molecule has 1 heterocycles. The van der Waals surface area contributed by atoms with E-state index >= 15 is 0 Å². The van der Waals surface area contributed by atoms with Crippen molar-refractivity contribution in [1.29, 1.82) is 0 Å². The molecule has 1 aromatic heterocycles. The summed E-state index contributed by atoms with van der Waals surface area (Å²) in [6, 6.07) is 0.413. The van der Waals surface area contributed by atoms with E-state index in [0.29, 0.717) is 24.9 Å². The first-order valence-corrected chi connectivity index (χ1v) is 6.23. The first kappa shape index (κ1) is 12.9. The number of nitrogens with two attached hydrogens (primary N) is 1. The maximum atomic E-state index is 11.7. The predicted octanol–water partition coefficient (Wildman–Crippen LogP) is 0.0211. The molecule has 1 aromatic rings. The molecule has 1 fully saturated rings. The number of rotatable bonds is 5. The molecule has 2 rings (SSSR count). The lowest BCUT2D eigenvalue weighted by Gasteiger charge is -2.16. The van der Waals surface area contributed by atoms with Gasteiger partial charge in [0.25, 0.3) is 0 Å². The van der Waals surface area contributed by atoms with Gasteiger partial charge in [-0.05, 0) is 26.8 Å². The van der Waals surface area contributed by atoms with Gasteiger partial charge in [0.2, 0.25) is 5.91 Å². The van der Waals surface area contributed by atoms with E-state index in [-0.39, 0.29) is 5.91 Å². The zero-order chi connectivity index (χ0) is 13.3. The highest BCUT2D eigenvalue weighted by Crippen LogP contribution is 2.19. The van der Waals surface area contributed by atoms with Crippen molar-refractivity contribution in [2.75, 3.05) is 19.3 Å². The van der Waals surface area contributed by atoms with Gasteiger partial charge >= 0.3 is 0 Å². The number of amides is 1. The number of likely N-dealkylation sites (N-methyl/N-ethyl adjacent to an activating group) is 1. The highest BCUT2D eigenvalue weighted by molar-refractivity contribution is 5.78. The minimum atomic E-state index is 0.0834. The Balaban J connectivity index is 1.89. The molecule has 1 amide bonds. The molecule has 0 spiro atoms. The number of hydrogen-bond acceptors (Lipinski definition) is 4. The summed E-state index contributed by atoms with van der Waals surface area (Å²) < 4.78 is 1.67. The largest absolute Gasteiger partial charge is 0.384 e. The summed E-state index contributed by atoms with van der Waals surface area (Å²) in [7, 11) is 3.74. The number of aromatic nitrogens is 2. The number of nitrogens with one attached hydrogen (secondary N) is 1. The van der Waals surface area contributed by atoms with E-state index in [9.17, 15) is 4.79 Å². The molecule has 0 unspecified atom stereocenters. The van der Waals surface area contributed by atoms with Crippen LogP contribution in [0.15, 0.2) is 0 Å². The predicted molar refractivity (Wildman–Crippen MR) is 69.9 cm³/mol. The van der Waals surface area contributed by atoms with Gasteiger partial charge in [-0.3, -0.25) is 14.4 Å². The summed E-state index contributed by atoms with van der Waals surface area (Å²) in [6.45, 7) is 2.97. The smallest absolute Gasteiger partial charge is 0.234 e. The number of nitrogens with zero attached hydrogens (tertiary/aromatic N) is 3. The van der Waals surface area contributed by atoms with Gasteiger partial charge in [-0.1, -0.05) is 0 Å². The van der Waals surface area contributed by atoms with Gasteiger partial charge in [0.15, 0.2) is 0 Å². The van der Waals surface area contributed by atoms with E-state index in [1.807, 2.05) is 25.9 Å². The normalized spacial score (nSPS) is 15.1. The van der Waals surface area contributed by atoms with Gasteiger partial charge in [-0.25, -0.2) is 0 Å². The SMILES string of the molecule is Cc1nn(C)c(N)c1CN(C)CC(=O)NC1CC1. The number of aryl methyl sites for hydroxylation is 2. The molecular formula is C12H21N5O. The third-order valence-corrected chi connectivity index (χ3v) is 3.18. The fourth-order valence-corrected chi connectivity index (χ4v) is 1.99. The second-order valence-electron chi connectivity index (χ2n) is 5.09. The van der Waals surface area contributed by atoms with Crippen molar-refractivity contribution in [3.8, 4) is 0 Å². The first-order chi connectivity index (χ1) is 8.47. The van der Waals surface area contributed by atoms with Crippen LogP contribution < -0.4 is 11.1 Å². The van der Waals surface area contributed by atoms with Crippen LogP contribution in [0.4, 0.5) is 5.82 Å². The van der Waals surface area contributed by atoms with Crippen molar-refractivity contribution in [3.63, 3.8) is 0 Å². The molecule has 0 radical (unpaired) electrons. The Morgan fingerprint density at radius 3 is 2.78 bits per heavy atom. The van der Waals surface area contributed by atoms with Crippen molar-refractivity contribution in [2.45, 2.75) is 32.4 Å². The summed E-state index contributed by atoms with van der Waals surface area (Å²) in [4.78, 5) is 13.6. The second kappa shape index (κ2) is 4.97. The maximum Gasteiger partial charge on any atom is 0.234 e. The van der Waals surface area contributed by atoms with Gasteiger partial charge < -0.3 is 11.1 Å². The molecule has 0 bridgehead atoms. The van der Waals surface area contributed by atoms with E-state index in [2.05, 4.69) is 10.4 Å². The molecule has 6 nitrogen and oxygen atoms in total. The van der Waals surface area contributed by atoms with Gasteiger partial charge in [0.1, 0.15) is 5.82 Å². The van der Waals surface area contributed by atoms with Crippen LogP contribution in [0.2, 0.25) is 0 Å². The van der Waals surface area contributed by atoms with Gasteiger partial charge in [0, 0.05) is 25.2 Å². The Morgan fingerprint density at radius 2 is 2.28 bits per heavy atom. The molecule has 100 valence electrons. The monoisotopic (exact) mass is 251 g/mol. The molecule has 1 aliphatic rings. The molecule has 6 heteroatoms. The Kier molecular flexibility index (Phi) is 3.56. The zero-order valence-electron chi connectivity index (χ0n) is 11.2. The molecule has 0 aliphatic heterocycles. The van der Waals surface area contributed by atoms with E-state index in [4.69, 9.17) is 5.73 Å². The van der Waals surface area contributed by atoms with E-state index in [1.54, 1.807) is 4.68 Å². The Hall–Kier alpha value is -1.56. The van der Waals surface area contributed by atoms with Crippen LogP contribution in [0, 0.1) is 6.92 Å². The molecule has 0 aromatic carbocycles. The van der Waals surface area contributed by atoms with Crippen LogP contribution in [0.3, 0.4) is 0 Å². The lowest BCUT2D eigenvalue weighted by molar-refractivity contribution is -0.122. The first-order valence-electron chi connectivity index (χ1n) is 6.23. The highest BCUT2D eigenvalue weighted by Gasteiger charge is 2.23. The number of anilines is 1. The van der Waals surface area contributed by atoms with Crippen LogP contribution >= 0.6 is 0 Å². The Morgan fingerprint density at radius 1 is 1.61 bits per heavy atom. The molecular weight excluding hydrogens is 230 g/mol. The van der Waals surface area contributed by atoms with E-state index < -0.39 is 0 Å². The van der Waals surface area contributed by atoms with Crippen molar-refractivity contribution in [3.05, 3.63) is 11.3 Å². The maximum absolute atomic E-state index is 11.7. The average molecular weight is 251 g/mol. The third kappa shape index (κ3) is 3.01. The van der Waals surface area contributed by atoms with Crippen molar-refractivity contribution >= 4 is 11.7 Å². The highest BCUT2D eigenvalue weighted by atomic mass is 16.2. The fraction of sp³-hybridized carbons (Fsp3) is 0.667. The zero-order valence-corrected chi connectivity index (χ0v) is 11.2. The molecule has 0 atom stereocenters. The third-order valence-electron chi connectivity index (χ3n) is 3.18. The summed E-state index contributed by atoms with van der Waals surface area (Å²) in [6.07, 6.45) is 2.23. The topological polar surface area (TPSA) is 76.2 Å². The molecule has 1 aliphatic carbocycles. The molecule has 3 N–H and O–H groups in total.